The van der Waals surface area contributed by atoms with Crippen LogP contribution < -0.4 is 5.73 Å². The van der Waals surface area contributed by atoms with Gasteiger partial charge in [-0.1, -0.05) is 47.5 Å². The summed E-state index contributed by atoms with van der Waals surface area (Å²) in [4.78, 5) is 0. The first-order chi connectivity index (χ1) is 8.58. The number of halogens is 3. The maximum Gasteiger partial charge on any atom is 0.146 e. The van der Waals surface area contributed by atoms with Crippen LogP contribution in [-0.4, -0.2) is 0 Å². The predicted molar refractivity (Wildman–Crippen MR) is 73.5 cm³/mol. The fourth-order valence-electron chi connectivity index (χ4n) is 1.79. The highest BCUT2D eigenvalue weighted by Crippen LogP contribution is 2.24. The zero-order chi connectivity index (χ0) is 13.1. The van der Waals surface area contributed by atoms with Crippen molar-refractivity contribution in [3.05, 3.63) is 69.5 Å². The van der Waals surface area contributed by atoms with Crippen LogP contribution in [0.25, 0.3) is 0 Å². The van der Waals surface area contributed by atoms with E-state index in [0.29, 0.717) is 17.0 Å². The Balaban J connectivity index is 2.19. The van der Waals surface area contributed by atoms with Crippen LogP contribution in [0.4, 0.5) is 4.39 Å². The molecule has 0 aliphatic heterocycles. The van der Waals surface area contributed by atoms with E-state index in [2.05, 4.69) is 0 Å². The van der Waals surface area contributed by atoms with Crippen LogP contribution in [0.2, 0.25) is 10.0 Å². The van der Waals surface area contributed by atoms with Gasteiger partial charge in [-0.2, -0.15) is 0 Å². The van der Waals surface area contributed by atoms with Gasteiger partial charge in [-0.05, 0) is 30.2 Å². The van der Waals surface area contributed by atoms with Gasteiger partial charge in [0.15, 0.2) is 0 Å². The Morgan fingerprint density at radius 3 is 2.39 bits per heavy atom. The average molecular weight is 284 g/mol. The molecule has 2 aromatic carbocycles. The molecule has 2 rings (SSSR count). The lowest BCUT2D eigenvalue weighted by Crippen LogP contribution is -2.15. The first-order valence-electron chi connectivity index (χ1n) is 5.52. The second-order valence-corrected chi connectivity index (χ2v) is 4.92. The second-order valence-electron chi connectivity index (χ2n) is 4.08. The highest BCUT2D eigenvalue weighted by Gasteiger charge is 2.14. The van der Waals surface area contributed by atoms with E-state index in [0.717, 1.165) is 5.56 Å². The molecular formula is C14H12Cl2FN. The van der Waals surface area contributed by atoms with Crippen LogP contribution in [0.1, 0.15) is 17.2 Å². The Morgan fingerprint density at radius 2 is 1.72 bits per heavy atom. The molecule has 0 aromatic heterocycles. The zero-order valence-electron chi connectivity index (χ0n) is 9.54. The van der Waals surface area contributed by atoms with E-state index >= 15 is 0 Å². The molecule has 2 aromatic rings. The van der Waals surface area contributed by atoms with Crippen molar-refractivity contribution in [2.24, 2.45) is 5.73 Å². The maximum absolute atomic E-state index is 13.8. The predicted octanol–water partition coefficient (Wildman–Crippen LogP) is 4.38. The van der Waals surface area contributed by atoms with Crippen LogP contribution in [-0.2, 0) is 6.42 Å². The van der Waals surface area contributed by atoms with Crippen LogP contribution in [0, 0.1) is 5.82 Å². The molecule has 0 radical (unpaired) electrons. The minimum atomic E-state index is -0.444. The highest BCUT2D eigenvalue weighted by atomic mass is 35.5. The van der Waals surface area contributed by atoms with E-state index in [9.17, 15) is 4.39 Å². The summed E-state index contributed by atoms with van der Waals surface area (Å²) >= 11 is 11.5. The quantitative estimate of drug-likeness (QED) is 0.889. The molecule has 0 amide bonds. The lowest BCUT2D eigenvalue weighted by Gasteiger charge is -2.13. The fraction of sp³-hybridized carbons (Fsp3) is 0.143. The van der Waals surface area contributed by atoms with E-state index in [1.165, 1.54) is 6.07 Å². The summed E-state index contributed by atoms with van der Waals surface area (Å²) in [6, 6.07) is 11.8. The molecule has 0 saturated heterocycles. The van der Waals surface area contributed by atoms with E-state index in [1.54, 1.807) is 24.3 Å². The Morgan fingerprint density at radius 1 is 1.06 bits per heavy atom. The normalized spacial score (nSPS) is 12.4. The molecule has 1 nitrogen and oxygen atoms in total. The van der Waals surface area contributed by atoms with Gasteiger partial charge in [-0.3, -0.25) is 0 Å². The highest BCUT2D eigenvalue weighted by molar-refractivity contribution is 6.31. The Labute approximate surface area is 115 Å². The van der Waals surface area contributed by atoms with Gasteiger partial charge >= 0.3 is 0 Å². The molecule has 94 valence electrons. The third kappa shape index (κ3) is 3.02. The van der Waals surface area contributed by atoms with Gasteiger partial charge in [0.1, 0.15) is 5.82 Å². The first-order valence-corrected chi connectivity index (χ1v) is 6.27. The molecule has 1 unspecified atom stereocenters. The SMILES string of the molecule is NC(Cc1ccc(Cl)cc1)c1cccc(Cl)c1F. The van der Waals surface area contributed by atoms with Crippen LogP contribution in [0.3, 0.4) is 0 Å². The molecule has 2 N–H and O–H groups in total. The monoisotopic (exact) mass is 283 g/mol. The number of rotatable bonds is 3. The minimum absolute atomic E-state index is 0.0963. The van der Waals surface area contributed by atoms with E-state index in [4.69, 9.17) is 28.9 Å². The minimum Gasteiger partial charge on any atom is -0.324 e. The Kier molecular flexibility index (Phi) is 4.23. The fourth-order valence-corrected chi connectivity index (χ4v) is 2.10. The van der Waals surface area contributed by atoms with Gasteiger partial charge in [-0.25, -0.2) is 4.39 Å². The summed E-state index contributed by atoms with van der Waals surface area (Å²) in [7, 11) is 0. The van der Waals surface area contributed by atoms with Crippen molar-refractivity contribution in [1.29, 1.82) is 0 Å². The van der Waals surface area contributed by atoms with Gasteiger partial charge in [0.25, 0.3) is 0 Å². The molecule has 0 bridgehead atoms. The summed E-state index contributed by atoms with van der Waals surface area (Å²) in [5.74, 6) is -0.444. The summed E-state index contributed by atoms with van der Waals surface area (Å²) in [5, 5.41) is 0.764. The van der Waals surface area contributed by atoms with E-state index < -0.39 is 11.9 Å². The molecule has 0 aliphatic rings. The van der Waals surface area contributed by atoms with Gasteiger partial charge in [-0.15, -0.1) is 0 Å². The molecule has 0 aliphatic carbocycles. The molecule has 1 atom stereocenters. The number of benzene rings is 2. The molecule has 18 heavy (non-hydrogen) atoms. The third-order valence-corrected chi connectivity index (χ3v) is 3.29. The van der Waals surface area contributed by atoms with Gasteiger partial charge in [0.05, 0.1) is 5.02 Å². The molecule has 0 fully saturated rings. The summed E-state index contributed by atoms with van der Waals surface area (Å²) in [6.45, 7) is 0. The lowest BCUT2D eigenvalue weighted by molar-refractivity contribution is 0.581. The topological polar surface area (TPSA) is 26.0 Å². The standard InChI is InChI=1S/C14H12Cl2FN/c15-10-6-4-9(5-7-10)8-13(18)11-2-1-3-12(16)14(11)17/h1-7,13H,8,18H2. The van der Waals surface area contributed by atoms with Crippen molar-refractivity contribution in [3.63, 3.8) is 0 Å². The van der Waals surface area contributed by atoms with Crippen LogP contribution in [0.5, 0.6) is 0 Å². The van der Waals surface area contributed by atoms with Gasteiger partial charge in [0, 0.05) is 16.6 Å². The number of nitrogens with two attached hydrogens (primary N) is 1. The van der Waals surface area contributed by atoms with Crippen molar-refractivity contribution in [2.45, 2.75) is 12.5 Å². The maximum atomic E-state index is 13.8. The average Bonchev–Trinajstić information content (AvgIpc) is 2.35. The molecule has 0 spiro atoms. The molecule has 0 saturated carbocycles. The summed E-state index contributed by atoms with van der Waals surface area (Å²) in [5.41, 5.74) is 7.44. The third-order valence-electron chi connectivity index (χ3n) is 2.75. The van der Waals surface area contributed by atoms with E-state index in [1.807, 2.05) is 12.1 Å². The van der Waals surface area contributed by atoms with Gasteiger partial charge < -0.3 is 5.73 Å². The zero-order valence-corrected chi connectivity index (χ0v) is 11.0. The Bertz CT molecular complexity index is 540. The molecular weight excluding hydrogens is 272 g/mol. The van der Waals surface area contributed by atoms with Crippen molar-refractivity contribution in [2.75, 3.05) is 0 Å². The largest absolute Gasteiger partial charge is 0.324 e. The van der Waals surface area contributed by atoms with Crippen molar-refractivity contribution < 1.29 is 4.39 Å². The van der Waals surface area contributed by atoms with Gasteiger partial charge in [0.2, 0.25) is 0 Å². The van der Waals surface area contributed by atoms with Crippen molar-refractivity contribution >= 4 is 23.2 Å². The Hall–Kier alpha value is -1.09. The van der Waals surface area contributed by atoms with Crippen LogP contribution >= 0.6 is 23.2 Å². The first kappa shape index (κ1) is 13.3. The van der Waals surface area contributed by atoms with Crippen LogP contribution in [0.15, 0.2) is 42.5 Å². The number of hydrogen-bond acceptors (Lipinski definition) is 1. The number of hydrogen-bond donors (Lipinski definition) is 1. The smallest absolute Gasteiger partial charge is 0.146 e. The second kappa shape index (κ2) is 5.70. The van der Waals surface area contributed by atoms with Crippen molar-refractivity contribution in [1.82, 2.24) is 0 Å². The molecule has 0 heterocycles. The summed E-state index contributed by atoms with van der Waals surface area (Å²) in [6.07, 6.45) is 0.536. The summed E-state index contributed by atoms with van der Waals surface area (Å²) < 4.78 is 13.8. The molecule has 4 heteroatoms. The van der Waals surface area contributed by atoms with E-state index in [-0.39, 0.29) is 5.02 Å². The van der Waals surface area contributed by atoms with Crippen molar-refractivity contribution in [3.8, 4) is 0 Å². The lowest BCUT2D eigenvalue weighted by atomic mass is 9.99.